The lowest BCUT2D eigenvalue weighted by molar-refractivity contribution is 0.0512. The van der Waals surface area contributed by atoms with Gasteiger partial charge in [0.05, 0.1) is 6.04 Å². The van der Waals surface area contributed by atoms with Crippen LogP contribution in [0.2, 0.25) is 0 Å². The van der Waals surface area contributed by atoms with E-state index in [0.29, 0.717) is 6.61 Å². The van der Waals surface area contributed by atoms with Gasteiger partial charge in [-0.05, 0) is 34.4 Å². The molecule has 0 amide bonds. The molecule has 0 aliphatic heterocycles. The molecule has 0 aliphatic rings. The summed E-state index contributed by atoms with van der Waals surface area (Å²) in [5.41, 5.74) is 8.77. The molecule has 1 atom stereocenters. The third-order valence-electron chi connectivity index (χ3n) is 5.37. The van der Waals surface area contributed by atoms with Crippen LogP contribution in [0, 0.1) is 0 Å². The van der Waals surface area contributed by atoms with Crippen molar-refractivity contribution >= 4 is 0 Å². The van der Waals surface area contributed by atoms with E-state index < -0.39 is 11.6 Å². The summed E-state index contributed by atoms with van der Waals surface area (Å²) in [6.45, 7) is 0.504. The van der Waals surface area contributed by atoms with Gasteiger partial charge < -0.3 is 15.6 Å². The predicted molar refractivity (Wildman–Crippen MR) is 120 cm³/mol. The van der Waals surface area contributed by atoms with Crippen LogP contribution in [0.5, 0.6) is 5.75 Å². The lowest BCUT2D eigenvalue weighted by Crippen LogP contribution is -2.39. The minimum atomic E-state index is -1.35. The number of benzene rings is 4. The van der Waals surface area contributed by atoms with Crippen molar-refractivity contribution in [3.63, 3.8) is 0 Å². The molecule has 3 heteroatoms. The highest BCUT2D eigenvalue weighted by molar-refractivity contribution is 5.42. The number of hydrogen-bond acceptors (Lipinski definition) is 3. The number of rotatable bonds is 7. The quantitative estimate of drug-likeness (QED) is 0.452. The van der Waals surface area contributed by atoms with Crippen molar-refractivity contribution in [3.8, 4) is 5.75 Å². The zero-order valence-corrected chi connectivity index (χ0v) is 16.7. The summed E-state index contributed by atoms with van der Waals surface area (Å²) < 4.78 is 5.88. The van der Waals surface area contributed by atoms with Gasteiger partial charge in [0.15, 0.2) is 0 Å². The van der Waals surface area contributed by atoms with E-state index in [2.05, 4.69) is 0 Å². The average molecular weight is 396 g/mol. The minimum Gasteiger partial charge on any atom is -0.489 e. The summed E-state index contributed by atoms with van der Waals surface area (Å²) in [5.74, 6) is 0.762. The van der Waals surface area contributed by atoms with Gasteiger partial charge in [-0.2, -0.15) is 0 Å². The Bertz CT molecular complexity index is 1010. The molecule has 4 aromatic carbocycles. The van der Waals surface area contributed by atoms with Gasteiger partial charge in [0.2, 0.25) is 0 Å². The fraction of sp³-hybridized carbons (Fsp3) is 0.111. The number of ether oxygens (including phenoxy) is 1. The first-order valence-corrected chi connectivity index (χ1v) is 10.0. The maximum atomic E-state index is 11.8. The smallest absolute Gasteiger partial charge is 0.134 e. The molecule has 30 heavy (non-hydrogen) atoms. The van der Waals surface area contributed by atoms with Crippen LogP contribution in [0.3, 0.4) is 0 Å². The van der Waals surface area contributed by atoms with E-state index in [-0.39, 0.29) is 0 Å². The molecule has 0 saturated heterocycles. The first-order chi connectivity index (χ1) is 14.7. The van der Waals surface area contributed by atoms with Gasteiger partial charge >= 0.3 is 0 Å². The van der Waals surface area contributed by atoms with E-state index >= 15 is 0 Å². The standard InChI is InChI=1S/C27H25NO2/c28-26(22-16-18-25(19-17-22)30-20-21-10-4-1-5-11-21)27(29,23-12-6-2-7-13-23)24-14-8-3-9-15-24/h1-19,26,29H,20,28H2/t26-/m1/s1. The molecule has 3 nitrogen and oxygen atoms in total. The second-order valence-electron chi connectivity index (χ2n) is 7.32. The van der Waals surface area contributed by atoms with Crippen molar-refractivity contribution < 1.29 is 9.84 Å². The van der Waals surface area contributed by atoms with Crippen LogP contribution < -0.4 is 10.5 Å². The van der Waals surface area contributed by atoms with E-state index in [1.807, 2.05) is 115 Å². The lowest BCUT2D eigenvalue weighted by Gasteiger charge is -2.35. The predicted octanol–water partition coefficient (Wildman–Crippen LogP) is 5.20. The zero-order valence-electron chi connectivity index (χ0n) is 16.7. The van der Waals surface area contributed by atoms with Crippen molar-refractivity contribution in [2.24, 2.45) is 5.73 Å². The van der Waals surface area contributed by atoms with Crippen molar-refractivity contribution in [2.75, 3.05) is 0 Å². The third-order valence-corrected chi connectivity index (χ3v) is 5.37. The van der Waals surface area contributed by atoms with Crippen LogP contribution in [0.25, 0.3) is 0 Å². The van der Waals surface area contributed by atoms with E-state index in [1.165, 1.54) is 0 Å². The molecule has 0 saturated carbocycles. The molecule has 3 N–H and O–H groups in total. The molecule has 0 unspecified atom stereocenters. The van der Waals surface area contributed by atoms with Crippen molar-refractivity contribution in [2.45, 2.75) is 18.2 Å². The minimum absolute atomic E-state index is 0.504. The van der Waals surface area contributed by atoms with Crippen molar-refractivity contribution in [1.29, 1.82) is 0 Å². The Morgan fingerprint density at radius 3 is 1.63 bits per heavy atom. The van der Waals surface area contributed by atoms with E-state index in [4.69, 9.17) is 10.5 Å². The Balaban J connectivity index is 1.60. The average Bonchev–Trinajstić information content (AvgIpc) is 2.84. The Labute approximate surface area is 177 Å². The summed E-state index contributed by atoms with van der Waals surface area (Å²) >= 11 is 0. The summed E-state index contributed by atoms with van der Waals surface area (Å²) in [7, 11) is 0. The fourth-order valence-corrected chi connectivity index (χ4v) is 3.66. The Kier molecular flexibility index (Phi) is 5.94. The summed E-state index contributed by atoms with van der Waals surface area (Å²) in [5, 5.41) is 11.8. The Hall–Kier alpha value is -3.40. The molecule has 0 radical (unpaired) electrons. The number of nitrogens with two attached hydrogens (primary N) is 1. The highest BCUT2D eigenvalue weighted by atomic mass is 16.5. The second kappa shape index (κ2) is 8.95. The second-order valence-corrected chi connectivity index (χ2v) is 7.32. The molecule has 0 fully saturated rings. The summed E-state index contributed by atoms with van der Waals surface area (Å²) in [6.07, 6.45) is 0. The van der Waals surface area contributed by atoms with Gasteiger partial charge in [0, 0.05) is 0 Å². The van der Waals surface area contributed by atoms with Gasteiger partial charge in [0.1, 0.15) is 18.0 Å². The van der Waals surface area contributed by atoms with Crippen LogP contribution in [0.4, 0.5) is 0 Å². The van der Waals surface area contributed by atoms with Crippen LogP contribution in [-0.4, -0.2) is 5.11 Å². The zero-order chi connectivity index (χ0) is 20.8. The Morgan fingerprint density at radius 1 is 0.667 bits per heavy atom. The summed E-state index contributed by atoms with van der Waals surface area (Å²) in [6, 6.07) is 36.2. The normalized spacial score (nSPS) is 12.3. The van der Waals surface area contributed by atoms with E-state index in [9.17, 15) is 5.11 Å². The molecule has 4 rings (SSSR count). The molecule has 4 aromatic rings. The van der Waals surface area contributed by atoms with Crippen LogP contribution in [-0.2, 0) is 12.2 Å². The highest BCUT2D eigenvalue weighted by Crippen LogP contribution is 2.39. The molecule has 0 spiro atoms. The number of aliphatic hydroxyl groups is 1. The molecule has 0 aliphatic carbocycles. The van der Waals surface area contributed by atoms with Crippen LogP contribution in [0.15, 0.2) is 115 Å². The van der Waals surface area contributed by atoms with Gasteiger partial charge in [0.25, 0.3) is 0 Å². The fourth-order valence-electron chi connectivity index (χ4n) is 3.66. The van der Waals surface area contributed by atoms with Crippen LogP contribution in [0.1, 0.15) is 28.3 Å². The Morgan fingerprint density at radius 2 is 1.13 bits per heavy atom. The molecular weight excluding hydrogens is 370 g/mol. The maximum Gasteiger partial charge on any atom is 0.134 e. The number of hydrogen-bond donors (Lipinski definition) is 2. The van der Waals surface area contributed by atoms with Gasteiger partial charge in [-0.1, -0.05) is 103 Å². The van der Waals surface area contributed by atoms with Crippen molar-refractivity contribution in [1.82, 2.24) is 0 Å². The van der Waals surface area contributed by atoms with Gasteiger partial charge in [-0.25, -0.2) is 0 Å². The monoisotopic (exact) mass is 395 g/mol. The van der Waals surface area contributed by atoms with Crippen LogP contribution >= 0.6 is 0 Å². The van der Waals surface area contributed by atoms with Gasteiger partial charge in [-0.15, -0.1) is 0 Å². The lowest BCUT2D eigenvalue weighted by atomic mass is 9.78. The molecule has 0 bridgehead atoms. The molecule has 150 valence electrons. The summed E-state index contributed by atoms with van der Waals surface area (Å²) in [4.78, 5) is 0. The molecule has 0 heterocycles. The van der Waals surface area contributed by atoms with Gasteiger partial charge in [-0.3, -0.25) is 0 Å². The topological polar surface area (TPSA) is 55.5 Å². The largest absolute Gasteiger partial charge is 0.489 e. The van der Waals surface area contributed by atoms with E-state index in [0.717, 1.165) is 28.0 Å². The third kappa shape index (κ3) is 4.13. The maximum absolute atomic E-state index is 11.8. The first kappa shape index (κ1) is 19.9. The molecule has 0 aromatic heterocycles. The molecular formula is C27H25NO2. The highest BCUT2D eigenvalue weighted by Gasteiger charge is 2.39. The van der Waals surface area contributed by atoms with E-state index in [1.54, 1.807) is 0 Å². The SMILES string of the molecule is N[C@H](c1ccc(OCc2ccccc2)cc1)C(O)(c1ccccc1)c1ccccc1. The first-order valence-electron chi connectivity index (χ1n) is 10.0. The van der Waals surface area contributed by atoms with Crippen molar-refractivity contribution in [3.05, 3.63) is 138 Å².